The van der Waals surface area contributed by atoms with Crippen molar-refractivity contribution in [1.82, 2.24) is 5.32 Å². The number of hydrogen-bond donors (Lipinski definition) is 2. The number of carbonyl (C=O) groups excluding carboxylic acids is 2. The van der Waals surface area contributed by atoms with Gasteiger partial charge in [0.1, 0.15) is 12.4 Å². The number of amides is 2. The van der Waals surface area contributed by atoms with Crippen LogP contribution < -0.4 is 15.8 Å². The Morgan fingerprint density at radius 3 is 2.50 bits per heavy atom. The van der Waals surface area contributed by atoms with Crippen molar-refractivity contribution in [1.29, 1.82) is 0 Å². The molecule has 3 N–H and O–H groups in total. The van der Waals surface area contributed by atoms with E-state index in [-0.39, 0.29) is 19.1 Å². The molecule has 0 spiro atoms. The van der Waals surface area contributed by atoms with Crippen LogP contribution in [0, 0.1) is 5.41 Å². The van der Waals surface area contributed by atoms with Crippen LogP contribution in [-0.2, 0) is 11.4 Å². The molecule has 0 saturated carbocycles. The van der Waals surface area contributed by atoms with Crippen molar-refractivity contribution in [3.05, 3.63) is 63.6 Å². The van der Waals surface area contributed by atoms with Crippen LogP contribution in [0.4, 0.5) is 0 Å². The Bertz CT molecular complexity index is 822. The first-order chi connectivity index (χ1) is 12.2. The standard InChI is InChI=1S/C19H20Cl2N2O3/c1-19(2,18(22)25)11-23-17(24)14-5-3-4-6-16(14)26-10-12-7-8-13(20)9-15(12)21/h3-9H,10-11H2,1-2H3,(H2,22,25)(H,23,24). The van der Waals surface area contributed by atoms with Crippen molar-refractivity contribution in [2.24, 2.45) is 11.1 Å². The van der Waals surface area contributed by atoms with Crippen molar-refractivity contribution < 1.29 is 14.3 Å². The number of para-hydroxylation sites is 1. The molecule has 0 unspecified atom stereocenters. The van der Waals surface area contributed by atoms with Crippen molar-refractivity contribution in [2.75, 3.05) is 6.54 Å². The number of nitrogens with two attached hydrogens (primary N) is 1. The van der Waals surface area contributed by atoms with Gasteiger partial charge >= 0.3 is 0 Å². The van der Waals surface area contributed by atoms with E-state index in [1.165, 1.54) is 0 Å². The Morgan fingerprint density at radius 1 is 1.15 bits per heavy atom. The van der Waals surface area contributed by atoms with Gasteiger partial charge in [0.25, 0.3) is 5.91 Å². The molecule has 0 aliphatic heterocycles. The lowest BCUT2D eigenvalue weighted by Gasteiger charge is -2.21. The number of nitrogens with one attached hydrogen (secondary N) is 1. The average Bonchev–Trinajstić information content (AvgIpc) is 2.59. The van der Waals surface area contributed by atoms with Gasteiger partial charge in [0.2, 0.25) is 5.91 Å². The fraction of sp³-hybridized carbons (Fsp3) is 0.263. The summed E-state index contributed by atoms with van der Waals surface area (Å²) in [5.74, 6) is -0.426. The number of benzene rings is 2. The number of halogens is 2. The minimum absolute atomic E-state index is 0.124. The molecule has 0 radical (unpaired) electrons. The number of rotatable bonds is 7. The van der Waals surface area contributed by atoms with Gasteiger partial charge < -0.3 is 15.8 Å². The second-order valence-corrected chi connectivity index (χ2v) is 7.30. The maximum absolute atomic E-state index is 12.5. The number of ether oxygens (including phenoxy) is 1. The minimum atomic E-state index is -0.845. The van der Waals surface area contributed by atoms with Crippen LogP contribution in [0.1, 0.15) is 29.8 Å². The zero-order valence-electron chi connectivity index (χ0n) is 14.5. The first-order valence-corrected chi connectivity index (χ1v) is 8.70. The van der Waals surface area contributed by atoms with E-state index < -0.39 is 11.3 Å². The molecule has 0 atom stereocenters. The summed E-state index contributed by atoms with van der Waals surface area (Å²) in [5.41, 5.74) is 5.59. The molecule has 0 aliphatic carbocycles. The number of carbonyl (C=O) groups is 2. The lowest BCUT2D eigenvalue weighted by Crippen LogP contribution is -2.42. The van der Waals surface area contributed by atoms with E-state index in [1.807, 2.05) is 0 Å². The third-order valence-electron chi connectivity index (χ3n) is 3.89. The van der Waals surface area contributed by atoms with Gasteiger partial charge in [0.15, 0.2) is 0 Å². The highest BCUT2D eigenvalue weighted by Gasteiger charge is 2.26. The highest BCUT2D eigenvalue weighted by Crippen LogP contribution is 2.24. The van der Waals surface area contributed by atoms with Crippen LogP contribution in [0.25, 0.3) is 0 Å². The van der Waals surface area contributed by atoms with Crippen LogP contribution in [0.2, 0.25) is 10.0 Å². The molecule has 2 amide bonds. The Hall–Kier alpha value is -2.24. The third-order valence-corrected chi connectivity index (χ3v) is 4.47. The molecule has 0 aromatic heterocycles. The Labute approximate surface area is 162 Å². The quantitative estimate of drug-likeness (QED) is 0.748. The molecule has 7 heteroatoms. The Kier molecular flexibility index (Phi) is 6.51. The van der Waals surface area contributed by atoms with Gasteiger partial charge in [-0.05, 0) is 38.1 Å². The molecule has 0 aliphatic rings. The van der Waals surface area contributed by atoms with Crippen molar-refractivity contribution in [2.45, 2.75) is 20.5 Å². The van der Waals surface area contributed by atoms with Gasteiger partial charge in [-0.15, -0.1) is 0 Å². The smallest absolute Gasteiger partial charge is 0.255 e. The topological polar surface area (TPSA) is 81.4 Å². The molecule has 0 fully saturated rings. The van der Waals surface area contributed by atoms with Gasteiger partial charge in [-0.3, -0.25) is 9.59 Å². The van der Waals surface area contributed by atoms with Crippen molar-refractivity contribution >= 4 is 35.0 Å². The van der Waals surface area contributed by atoms with Gasteiger partial charge in [0.05, 0.1) is 11.0 Å². The van der Waals surface area contributed by atoms with Gasteiger partial charge in [0, 0.05) is 22.2 Å². The molecule has 138 valence electrons. The summed E-state index contributed by atoms with van der Waals surface area (Å²) in [4.78, 5) is 23.8. The molecule has 2 aromatic rings. The van der Waals surface area contributed by atoms with Gasteiger partial charge in [-0.2, -0.15) is 0 Å². The first-order valence-electron chi connectivity index (χ1n) is 7.94. The van der Waals surface area contributed by atoms with Gasteiger partial charge in [-0.1, -0.05) is 41.4 Å². The predicted octanol–water partition coefficient (Wildman–Crippen LogP) is 3.81. The van der Waals surface area contributed by atoms with E-state index in [4.69, 9.17) is 33.7 Å². The molecule has 5 nitrogen and oxygen atoms in total. The zero-order chi connectivity index (χ0) is 19.3. The van der Waals surface area contributed by atoms with Crippen LogP contribution in [0.5, 0.6) is 5.75 Å². The van der Waals surface area contributed by atoms with Crippen molar-refractivity contribution in [3.8, 4) is 5.75 Å². The van der Waals surface area contributed by atoms with E-state index in [0.29, 0.717) is 21.4 Å². The summed E-state index contributed by atoms with van der Waals surface area (Å²) >= 11 is 12.0. The second kappa shape index (κ2) is 8.43. The van der Waals surface area contributed by atoms with E-state index in [0.717, 1.165) is 5.56 Å². The lowest BCUT2D eigenvalue weighted by atomic mass is 9.92. The molecule has 26 heavy (non-hydrogen) atoms. The van der Waals surface area contributed by atoms with Crippen LogP contribution >= 0.6 is 23.2 Å². The fourth-order valence-electron chi connectivity index (χ4n) is 2.06. The molecule has 0 bridgehead atoms. The summed E-state index contributed by atoms with van der Waals surface area (Å²) in [7, 11) is 0. The minimum Gasteiger partial charge on any atom is -0.488 e. The van der Waals surface area contributed by atoms with E-state index in [9.17, 15) is 9.59 Å². The maximum atomic E-state index is 12.5. The lowest BCUT2D eigenvalue weighted by molar-refractivity contribution is -0.125. The zero-order valence-corrected chi connectivity index (χ0v) is 16.0. The number of hydrogen-bond acceptors (Lipinski definition) is 3. The fourth-order valence-corrected chi connectivity index (χ4v) is 2.52. The molecule has 0 saturated heterocycles. The summed E-state index contributed by atoms with van der Waals surface area (Å²) in [6, 6.07) is 12.0. The predicted molar refractivity (Wildman–Crippen MR) is 103 cm³/mol. The first kappa shape index (κ1) is 20.1. The van der Waals surface area contributed by atoms with E-state index in [2.05, 4.69) is 5.32 Å². The third kappa shape index (κ3) is 5.13. The van der Waals surface area contributed by atoms with Crippen LogP contribution in [0.15, 0.2) is 42.5 Å². The molecular formula is C19H20Cl2N2O3. The SMILES string of the molecule is CC(C)(CNC(=O)c1ccccc1OCc1ccc(Cl)cc1Cl)C(N)=O. The van der Waals surface area contributed by atoms with E-state index in [1.54, 1.807) is 56.3 Å². The summed E-state index contributed by atoms with van der Waals surface area (Å²) in [6.45, 7) is 3.65. The van der Waals surface area contributed by atoms with Crippen molar-refractivity contribution in [3.63, 3.8) is 0 Å². The van der Waals surface area contributed by atoms with Gasteiger partial charge in [-0.25, -0.2) is 0 Å². The summed E-state index contributed by atoms with van der Waals surface area (Å²) < 4.78 is 5.76. The highest BCUT2D eigenvalue weighted by atomic mass is 35.5. The largest absolute Gasteiger partial charge is 0.488 e. The average molecular weight is 395 g/mol. The molecule has 2 rings (SSSR count). The monoisotopic (exact) mass is 394 g/mol. The Balaban J connectivity index is 2.09. The maximum Gasteiger partial charge on any atom is 0.255 e. The molecular weight excluding hydrogens is 375 g/mol. The summed E-state index contributed by atoms with van der Waals surface area (Å²) in [5, 5.41) is 3.74. The van der Waals surface area contributed by atoms with E-state index >= 15 is 0 Å². The second-order valence-electron chi connectivity index (χ2n) is 6.45. The molecule has 0 heterocycles. The van der Waals surface area contributed by atoms with Crippen LogP contribution in [-0.4, -0.2) is 18.4 Å². The number of primary amides is 1. The van der Waals surface area contributed by atoms with Crippen LogP contribution in [0.3, 0.4) is 0 Å². The summed E-state index contributed by atoms with van der Waals surface area (Å²) in [6.07, 6.45) is 0. The normalized spacial score (nSPS) is 11.1. The molecule has 2 aromatic carbocycles. The Morgan fingerprint density at radius 2 is 1.85 bits per heavy atom. The highest BCUT2D eigenvalue weighted by molar-refractivity contribution is 6.35.